The highest BCUT2D eigenvalue weighted by Crippen LogP contribution is 2.30. The SMILES string of the molecule is C[C@@H]1CCCCO[C@@H](CN(C)S(=O)(=O)c2cn(C)cn2)[C@H](C)CN([C@@H](C)CO)C(=O)c2cc(NS(=O)(=O)c3ccc(Cl)cc3)ccc2O1. The number of aliphatic hydroxyl groups is 1. The summed E-state index contributed by atoms with van der Waals surface area (Å²) in [6.45, 7) is 5.55. The van der Waals surface area contributed by atoms with Gasteiger partial charge in [0.25, 0.3) is 26.0 Å². The molecule has 4 rings (SSSR count). The van der Waals surface area contributed by atoms with Crippen LogP contribution in [-0.2, 0) is 31.8 Å². The van der Waals surface area contributed by atoms with Gasteiger partial charge in [-0.05, 0) is 75.6 Å². The van der Waals surface area contributed by atoms with Crippen LogP contribution in [0.5, 0.6) is 5.75 Å². The lowest BCUT2D eigenvalue weighted by molar-refractivity contribution is -0.00835. The number of aryl methyl sites for hydroxylation is 1. The number of nitrogens with zero attached hydrogens (tertiary/aromatic N) is 4. The number of carbonyl (C=O) groups excluding carboxylic acids is 1. The quantitative estimate of drug-likeness (QED) is 0.333. The van der Waals surface area contributed by atoms with Gasteiger partial charge in [0, 0.05) is 56.6 Å². The van der Waals surface area contributed by atoms with E-state index in [9.17, 15) is 26.7 Å². The fourth-order valence-electron chi connectivity index (χ4n) is 5.31. The fourth-order valence-corrected chi connectivity index (χ4v) is 7.63. The number of halogens is 1. The van der Waals surface area contributed by atoms with Crippen molar-refractivity contribution in [3.05, 3.63) is 65.6 Å². The van der Waals surface area contributed by atoms with Crippen LogP contribution in [-0.4, -0.2) is 98.2 Å². The van der Waals surface area contributed by atoms with Crippen molar-refractivity contribution in [2.75, 3.05) is 38.1 Å². The number of sulfonamides is 2. The molecule has 0 bridgehead atoms. The number of anilines is 1. The van der Waals surface area contributed by atoms with Crippen molar-refractivity contribution in [3.63, 3.8) is 0 Å². The number of carbonyl (C=O) groups is 1. The first kappa shape index (κ1) is 37.6. The van der Waals surface area contributed by atoms with Crippen molar-refractivity contribution in [3.8, 4) is 5.75 Å². The Labute approximate surface area is 287 Å². The maximum Gasteiger partial charge on any atom is 0.261 e. The smallest absolute Gasteiger partial charge is 0.261 e. The molecular formula is C32H44ClN5O8S2. The largest absolute Gasteiger partial charge is 0.490 e. The average molecular weight is 726 g/mol. The Morgan fingerprint density at radius 1 is 1.12 bits per heavy atom. The number of aromatic nitrogens is 2. The summed E-state index contributed by atoms with van der Waals surface area (Å²) in [6.07, 6.45) is 4.04. The Bertz CT molecular complexity index is 1770. The molecule has 1 aromatic heterocycles. The van der Waals surface area contributed by atoms with Crippen LogP contribution in [0.2, 0.25) is 5.02 Å². The normalized spacial score (nSPS) is 20.9. The van der Waals surface area contributed by atoms with Crippen LogP contribution in [0.4, 0.5) is 5.69 Å². The number of aliphatic hydroxyl groups excluding tert-OH is 1. The molecule has 1 aliphatic heterocycles. The maximum atomic E-state index is 14.3. The van der Waals surface area contributed by atoms with E-state index in [1.165, 1.54) is 65.2 Å². The van der Waals surface area contributed by atoms with Crippen LogP contribution in [0.25, 0.3) is 0 Å². The van der Waals surface area contributed by atoms with Crippen molar-refractivity contribution in [1.29, 1.82) is 0 Å². The van der Waals surface area contributed by atoms with E-state index in [0.29, 0.717) is 24.5 Å². The van der Waals surface area contributed by atoms with Gasteiger partial charge in [-0.3, -0.25) is 9.52 Å². The lowest BCUT2D eigenvalue weighted by Gasteiger charge is -2.35. The molecule has 0 radical (unpaired) electrons. The van der Waals surface area contributed by atoms with Crippen LogP contribution < -0.4 is 9.46 Å². The van der Waals surface area contributed by atoms with Gasteiger partial charge in [0.05, 0.1) is 41.6 Å². The Morgan fingerprint density at radius 2 is 1.83 bits per heavy atom. The van der Waals surface area contributed by atoms with Crippen molar-refractivity contribution in [1.82, 2.24) is 18.8 Å². The van der Waals surface area contributed by atoms with Crippen LogP contribution in [0.3, 0.4) is 0 Å². The Morgan fingerprint density at radius 3 is 2.48 bits per heavy atom. The molecular weight excluding hydrogens is 682 g/mol. The summed E-state index contributed by atoms with van der Waals surface area (Å²) in [5.74, 6) is -0.610. The van der Waals surface area contributed by atoms with Gasteiger partial charge < -0.3 is 24.0 Å². The zero-order valence-electron chi connectivity index (χ0n) is 27.7. The number of benzene rings is 2. The van der Waals surface area contributed by atoms with Crippen LogP contribution in [0.15, 0.2) is 64.9 Å². The van der Waals surface area contributed by atoms with Gasteiger partial charge in [0.1, 0.15) is 5.75 Å². The number of fused-ring (bicyclic) bond motifs is 1. The monoisotopic (exact) mass is 725 g/mol. The number of nitrogens with one attached hydrogen (secondary N) is 1. The van der Waals surface area contributed by atoms with E-state index in [0.717, 1.165) is 6.42 Å². The van der Waals surface area contributed by atoms with E-state index in [-0.39, 0.29) is 58.6 Å². The minimum Gasteiger partial charge on any atom is -0.490 e. The van der Waals surface area contributed by atoms with Gasteiger partial charge in [-0.25, -0.2) is 21.8 Å². The maximum absolute atomic E-state index is 14.3. The zero-order valence-corrected chi connectivity index (χ0v) is 30.1. The number of hydrogen-bond donors (Lipinski definition) is 2. The molecule has 0 spiro atoms. The summed E-state index contributed by atoms with van der Waals surface area (Å²) in [7, 11) is -4.78. The second kappa shape index (κ2) is 16.0. The lowest BCUT2D eigenvalue weighted by Crippen LogP contribution is -2.48. The predicted molar refractivity (Wildman–Crippen MR) is 182 cm³/mol. The number of rotatable bonds is 9. The van der Waals surface area contributed by atoms with E-state index in [1.54, 1.807) is 24.6 Å². The first-order valence-corrected chi connectivity index (χ1v) is 19.0. The first-order chi connectivity index (χ1) is 22.6. The average Bonchev–Trinajstić information content (AvgIpc) is 3.49. The van der Waals surface area contributed by atoms with Crippen molar-refractivity contribution >= 4 is 43.2 Å². The van der Waals surface area contributed by atoms with E-state index in [1.807, 2.05) is 13.8 Å². The number of amides is 1. The van der Waals surface area contributed by atoms with E-state index >= 15 is 0 Å². The summed E-state index contributed by atoms with van der Waals surface area (Å²) in [5.41, 5.74) is 0.247. The fraction of sp³-hybridized carbons (Fsp3) is 0.500. The number of ether oxygens (including phenoxy) is 2. The Kier molecular flexibility index (Phi) is 12.5. The standard InChI is InChI=1S/C32H44ClN5O8S2/c1-22-17-38(23(2)20-39)32(40)28-16-26(35-47(41,42)27-12-9-25(33)10-13-27)11-14-29(28)46-24(3)8-6-7-15-45-30(22)18-37(5)48(43,44)31-19-36(4)21-34-31/h9-14,16,19,21-24,30,35,39H,6-8,15,17-18,20H2,1-5H3/t22-,23+,24-,30+/m1/s1. The molecule has 2 heterocycles. The zero-order chi connectivity index (χ0) is 35.2. The molecule has 2 aromatic carbocycles. The molecule has 4 atom stereocenters. The van der Waals surface area contributed by atoms with Crippen molar-refractivity contribution < 1.29 is 36.2 Å². The van der Waals surface area contributed by atoms with Crippen molar-refractivity contribution in [2.45, 2.75) is 68.2 Å². The van der Waals surface area contributed by atoms with Gasteiger partial charge >= 0.3 is 0 Å². The molecule has 0 unspecified atom stereocenters. The lowest BCUT2D eigenvalue weighted by atomic mass is 10.0. The van der Waals surface area contributed by atoms with Gasteiger partial charge in [-0.2, -0.15) is 4.31 Å². The molecule has 16 heteroatoms. The molecule has 48 heavy (non-hydrogen) atoms. The third-order valence-corrected chi connectivity index (χ3v) is 11.6. The third kappa shape index (κ3) is 9.27. The molecule has 0 fully saturated rings. The van der Waals surface area contributed by atoms with Gasteiger partial charge in [-0.15, -0.1) is 0 Å². The molecule has 264 valence electrons. The summed E-state index contributed by atoms with van der Waals surface area (Å²) < 4.78 is 70.7. The van der Waals surface area contributed by atoms with Gasteiger partial charge in [-0.1, -0.05) is 18.5 Å². The third-order valence-electron chi connectivity index (χ3n) is 8.22. The topological polar surface area (TPSA) is 160 Å². The molecule has 1 aliphatic rings. The summed E-state index contributed by atoms with van der Waals surface area (Å²) in [4.78, 5) is 19.8. The first-order valence-electron chi connectivity index (χ1n) is 15.7. The number of likely N-dealkylation sites (N-methyl/N-ethyl adjacent to an activating group) is 1. The minimum absolute atomic E-state index is 0.00232. The highest BCUT2D eigenvalue weighted by molar-refractivity contribution is 7.92. The number of hydrogen-bond acceptors (Lipinski definition) is 9. The van der Waals surface area contributed by atoms with Crippen LogP contribution in [0, 0.1) is 5.92 Å². The molecule has 0 saturated carbocycles. The highest BCUT2D eigenvalue weighted by atomic mass is 35.5. The molecule has 2 N–H and O–H groups in total. The molecule has 13 nitrogen and oxygen atoms in total. The summed E-state index contributed by atoms with van der Waals surface area (Å²) >= 11 is 5.94. The Hall–Kier alpha value is -3.21. The summed E-state index contributed by atoms with van der Waals surface area (Å²) in [5, 5.41) is 10.5. The Balaban J connectivity index is 1.68. The minimum atomic E-state index is -4.02. The second-order valence-electron chi connectivity index (χ2n) is 12.2. The molecule has 3 aromatic rings. The van der Waals surface area contributed by atoms with Gasteiger partial charge in [0.2, 0.25) is 0 Å². The predicted octanol–water partition coefficient (Wildman–Crippen LogP) is 3.99. The van der Waals surface area contributed by atoms with Crippen molar-refractivity contribution in [2.24, 2.45) is 13.0 Å². The van der Waals surface area contributed by atoms with E-state index in [4.69, 9.17) is 21.1 Å². The second-order valence-corrected chi connectivity index (χ2v) is 16.3. The van der Waals surface area contributed by atoms with Gasteiger partial charge in [0.15, 0.2) is 5.03 Å². The molecule has 1 amide bonds. The van der Waals surface area contributed by atoms with E-state index in [2.05, 4.69) is 9.71 Å². The molecule has 0 aliphatic carbocycles. The highest BCUT2D eigenvalue weighted by Gasteiger charge is 2.33. The van der Waals surface area contributed by atoms with Crippen LogP contribution in [0.1, 0.15) is 50.4 Å². The number of imidazole rings is 1. The molecule has 0 saturated heterocycles. The summed E-state index contributed by atoms with van der Waals surface area (Å²) in [6, 6.07) is 9.55. The van der Waals surface area contributed by atoms with Crippen LogP contribution >= 0.6 is 11.6 Å². The van der Waals surface area contributed by atoms with E-state index < -0.39 is 38.1 Å².